The molecule has 0 spiro atoms. The van der Waals surface area contributed by atoms with Crippen LogP contribution in [0.1, 0.15) is 5.56 Å². The lowest BCUT2D eigenvalue weighted by atomic mass is 10.2. The predicted octanol–water partition coefficient (Wildman–Crippen LogP) is 5.46. The fourth-order valence-electron chi connectivity index (χ4n) is 1.75. The smallest absolute Gasteiger partial charge is 0.387 e. The Morgan fingerprint density at radius 1 is 1.17 bits per heavy atom. The van der Waals surface area contributed by atoms with Crippen LogP contribution in [0.5, 0.6) is 5.75 Å². The molecule has 1 N–H and O–H groups in total. The minimum atomic E-state index is -2.92. The van der Waals surface area contributed by atoms with Crippen molar-refractivity contribution in [1.82, 2.24) is 0 Å². The molecule has 0 atom stereocenters. The second-order valence-corrected chi connectivity index (χ2v) is 6.13. The van der Waals surface area contributed by atoms with Gasteiger partial charge in [0, 0.05) is 20.6 Å². The monoisotopic (exact) mass is 445 g/mol. The number of nitrogens with one attached hydrogen (secondary N) is 1. The molecule has 0 radical (unpaired) electrons. The molecule has 0 aromatic heterocycles. The van der Waals surface area contributed by atoms with Gasteiger partial charge >= 0.3 is 6.61 Å². The summed E-state index contributed by atoms with van der Waals surface area (Å²) in [6.45, 7) is -2.92. The van der Waals surface area contributed by atoms with Crippen molar-refractivity contribution in [2.45, 2.75) is 6.61 Å². The van der Waals surface area contributed by atoms with E-state index in [1.54, 1.807) is 36.4 Å². The van der Waals surface area contributed by atoms with Gasteiger partial charge in [0.25, 0.3) is 0 Å². The summed E-state index contributed by atoms with van der Waals surface area (Å²) in [5, 5.41) is 2.69. The van der Waals surface area contributed by atoms with Gasteiger partial charge in [0.1, 0.15) is 5.75 Å². The van der Waals surface area contributed by atoms with Crippen molar-refractivity contribution in [2.75, 3.05) is 5.32 Å². The van der Waals surface area contributed by atoms with Crippen LogP contribution in [0.15, 0.2) is 57.5 Å². The molecule has 2 aromatic rings. The van der Waals surface area contributed by atoms with E-state index in [0.29, 0.717) is 11.3 Å². The first-order valence-electron chi connectivity index (χ1n) is 6.43. The number of rotatable bonds is 5. The van der Waals surface area contributed by atoms with Crippen molar-refractivity contribution in [3.63, 3.8) is 0 Å². The first kappa shape index (κ1) is 17.6. The van der Waals surface area contributed by atoms with Crippen LogP contribution < -0.4 is 10.1 Å². The van der Waals surface area contributed by atoms with E-state index in [1.807, 2.05) is 0 Å². The van der Waals surface area contributed by atoms with Gasteiger partial charge in [-0.05, 0) is 46.3 Å². The van der Waals surface area contributed by atoms with Gasteiger partial charge in [-0.1, -0.05) is 34.1 Å². The maximum atomic E-state index is 12.3. The van der Waals surface area contributed by atoms with E-state index >= 15 is 0 Å². The molecule has 23 heavy (non-hydrogen) atoms. The lowest BCUT2D eigenvalue weighted by molar-refractivity contribution is -0.111. The Morgan fingerprint density at radius 2 is 1.91 bits per heavy atom. The third kappa shape index (κ3) is 5.44. The molecule has 0 heterocycles. The number of hydrogen-bond acceptors (Lipinski definition) is 2. The Balaban J connectivity index is 2.09. The quantitative estimate of drug-likeness (QED) is 0.619. The molecule has 0 saturated carbocycles. The van der Waals surface area contributed by atoms with E-state index in [0.717, 1.165) is 8.95 Å². The highest BCUT2D eigenvalue weighted by molar-refractivity contribution is 9.11. The molecule has 3 nitrogen and oxygen atoms in total. The van der Waals surface area contributed by atoms with E-state index in [-0.39, 0.29) is 11.7 Å². The fourth-order valence-corrected chi connectivity index (χ4v) is 2.90. The average Bonchev–Trinajstić information content (AvgIpc) is 2.49. The van der Waals surface area contributed by atoms with Gasteiger partial charge in [-0.2, -0.15) is 8.78 Å². The number of carbonyl (C=O) groups is 1. The van der Waals surface area contributed by atoms with Gasteiger partial charge in [-0.3, -0.25) is 4.79 Å². The maximum Gasteiger partial charge on any atom is 0.387 e. The van der Waals surface area contributed by atoms with Gasteiger partial charge in [-0.15, -0.1) is 0 Å². The fraction of sp³-hybridized carbons (Fsp3) is 0.0625. The molecular weight excluding hydrogens is 436 g/mol. The summed E-state index contributed by atoms with van der Waals surface area (Å²) in [6, 6.07) is 11.6. The highest BCUT2D eigenvalue weighted by Gasteiger charge is 2.08. The molecule has 0 aliphatic carbocycles. The van der Waals surface area contributed by atoms with Crippen molar-refractivity contribution in [3.05, 3.63) is 63.0 Å². The van der Waals surface area contributed by atoms with Crippen LogP contribution in [0.2, 0.25) is 0 Å². The Bertz CT molecular complexity index is 736. The second-order valence-electron chi connectivity index (χ2n) is 4.36. The number of para-hydroxylation sites is 1. The SMILES string of the molecule is O=C(/C=C/c1ccccc1OC(F)F)Nc1ccc(Br)cc1Br. The molecule has 0 aliphatic heterocycles. The molecule has 0 fully saturated rings. The van der Waals surface area contributed by atoms with Crippen LogP contribution in [-0.2, 0) is 4.79 Å². The predicted molar refractivity (Wildman–Crippen MR) is 92.6 cm³/mol. The highest BCUT2D eigenvalue weighted by Crippen LogP contribution is 2.26. The molecule has 0 aliphatic rings. The molecule has 0 bridgehead atoms. The third-order valence-corrected chi connectivity index (χ3v) is 3.89. The summed E-state index contributed by atoms with van der Waals surface area (Å²) < 4.78 is 30.6. The van der Waals surface area contributed by atoms with E-state index in [1.165, 1.54) is 18.2 Å². The molecule has 7 heteroatoms. The number of anilines is 1. The molecule has 2 rings (SSSR count). The maximum absolute atomic E-state index is 12.3. The minimum Gasteiger partial charge on any atom is -0.434 e. The van der Waals surface area contributed by atoms with E-state index < -0.39 is 6.61 Å². The summed E-state index contributed by atoms with van der Waals surface area (Å²) in [6.07, 6.45) is 2.67. The summed E-state index contributed by atoms with van der Waals surface area (Å²) in [5.41, 5.74) is 0.984. The molecule has 0 unspecified atom stereocenters. The van der Waals surface area contributed by atoms with Gasteiger partial charge < -0.3 is 10.1 Å². The van der Waals surface area contributed by atoms with Crippen LogP contribution in [0, 0.1) is 0 Å². The zero-order chi connectivity index (χ0) is 16.8. The summed E-state index contributed by atoms with van der Waals surface area (Å²) in [5.74, 6) is -0.378. The summed E-state index contributed by atoms with van der Waals surface area (Å²) in [7, 11) is 0. The molecule has 120 valence electrons. The van der Waals surface area contributed by atoms with Crippen LogP contribution in [-0.4, -0.2) is 12.5 Å². The van der Waals surface area contributed by atoms with Crippen LogP contribution in [0.25, 0.3) is 6.08 Å². The zero-order valence-electron chi connectivity index (χ0n) is 11.6. The number of hydrogen-bond donors (Lipinski definition) is 1. The van der Waals surface area contributed by atoms with Crippen LogP contribution >= 0.6 is 31.9 Å². The normalized spacial score (nSPS) is 11.0. The summed E-state index contributed by atoms with van der Waals surface area (Å²) >= 11 is 6.66. The Labute approximate surface area is 148 Å². The van der Waals surface area contributed by atoms with Crippen molar-refractivity contribution in [1.29, 1.82) is 0 Å². The Hall–Kier alpha value is -1.73. The number of halogens is 4. The largest absolute Gasteiger partial charge is 0.434 e. The van der Waals surface area contributed by atoms with E-state index in [9.17, 15) is 13.6 Å². The Morgan fingerprint density at radius 3 is 2.61 bits per heavy atom. The second kappa shape index (κ2) is 8.21. The van der Waals surface area contributed by atoms with Crippen molar-refractivity contribution in [2.24, 2.45) is 0 Å². The number of amides is 1. The highest BCUT2D eigenvalue weighted by atomic mass is 79.9. The molecule has 0 saturated heterocycles. The van der Waals surface area contributed by atoms with Crippen LogP contribution in [0.3, 0.4) is 0 Å². The first-order chi connectivity index (χ1) is 11.0. The van der Waals surface area contributed by atoms with Gasteiger partial charge in [-0.25, -0.2) is 0 Å². The number of benzene rings is 2. The Kier molecular flexibility index (Phi) is 6.29. The molecule has 1 amide bonds. The lowest BCUT2D eigenvalue weighted by Crippen LogP contribution is -2.08. The van der Waals surface area contributed by atoms with Crippen molar-refractivity contribution < 1.29 is 18.3 Å². The van der Waals surface area contributed by atoms with Gasteiger partial charge in [0.2, 0.25) is 5.91 Å². The minimum absolute atomic E-state index is 0.0105. The van der Waals surface area contributed by atoms with Crippen molar-refractivity contribution >= 4 is 49.5 Å². The zero-order valence-corrected chi connectivity index (χ0v) is 14.8. The first-order valence-corrected chi connectivity index (χ1v) is 8.02. The standard InChI is InChI=1S/C16H11Br2F2NO2/c17-11-6-7-13(12(18)9-11)21-15(22)8-5-10-3-1-2-4-14(10)23-16(19)20/h1-9,16H,(H,21,22)/b8-5+. The van der Waals surface area contributed by atoms with E-state index in [4.69, 9.17) is 0 Å². The van der Waals surface area contributed by atoms with E-state index in [2.05, 4.69) is 41.9 Å². The third-order valence-electron chi connectivity index (χ3n) is 2.74. The van der Waals surface area contributed by atoms with Crippen molar-refractivity contribution in [3.8, 4) is 5.75 Å². The molecule has 2 aromatic carbocycles. The average molecular weight is 447 g/mol. The van der Waals surface area contributed by atoms with Gasteiger partial charge in [0.15, 0.2) is 0 Å². The van der Waals surface area contributed by atoms with Crippen LogP contribution in [0.4, 0.5) is 14.5 Å². The number of ether oxygens (including phenoxy) is 1. The number of alkyl halides is 2. The molecular formula is C16H11Br2F2NO2. The lowest BCUT2D eigenvalue weighted by Gasteiger charge is -2.08. The van der Waals surface area contributed by atoms with Gasteiger partial charge in [0.05, 0.1) is 5.69 Å². The number of carbonyl (C=O) groups excluding carboxylic acids is 1. The summed E-state index contributed by atoms with van der Waals surface area (Å²) in [4.78, 5) is 11.9. The topological polar surface area (TPSA) is 38.3 Å².